The molecule has 1 aliphatic heterocycles. The maximum Gasteiger partial charge on any atom is 0.0716 e. The van der Waals surface area contributed by atoms with Crippen LogP contribution in [-0.2, 0) is 0 Å². The summed E-state index contributed by atoms with van der Waals surface area (Å²) in [6.45, 7) is 2.73. The maximum atomic E-state index is 9.42. The molecule has 3 heteroatoms. The molecule has 2 fully saturated rings. The van der Waals surface area contributed by atoms with Gasteiger partial charge in [-0.3, -0.25) is 0 Å². The highest BCUT2D eigenvalue weighted by Gasteiger charge is 2.27. The maximum absolute atomic E-state index is 9.42. The third-order valence-corrected chi connectivity index (χ3v) is 2.55. The Labute approximate surface area is 67.2 Å². The minimum Gasteiger partial charge on any atom is -0.391 e. The minimum atomic E-state index is -0.124. The molecule has 2 aliphatic rings. The van der Waals surface area contributed by atoms with Crippen molar-refractivity contribution in [3.05, 3.63) is 0 Å². The van der Waals surface area contributed by atoms with E-state index in [2.05, 4.69) is 10.6 Å². The molecular formula is C8H16N2O. The van der Waals surface area contributed by atoms with Gasteiger partial charge in [-0.05, 0) is 12.8 Å². The second kappa shape index (κ2) is 3.09. The smallest absolute Gasteiger partial charge is 0.0716 e. The van der Waals surface area contributed by atoms with E-state index in [0.29, 0.717) is 5.92 Å². The number of aliphatic hydroxyl groups excluding tert-OH is 1. The fourth-order valence-electron chi connectivity index (χ4n) is 1.53. The predicted molar refractivity (Wildman–Crippen MR) is 43.4 cm³/mol. The first kappa shape index (κ1) is 7.53. The summed E-state index contributed by atoms with van der Waals surface area (Å²) < 4.78 is 0. The lowest BCUT2D eigenvalue weighted by atomic mass is 10.1. The summed E-state index contributed by atoms with van der Waals surface area (Å²) in [5, 5.41) is 16.0. The van der Waals surface area contributed by atoms with Gasteiger partial charge in [0, 0.05) is 31.6 Å². The summed E-state index contributed by atoms with van der Waals surface area (Å²) in [5.74, 6) is 0.440. The van der Waals surface area contributed by atoms with Crippen molar-refractivity contribution < 1.29 is 5.11 Å². The second-order valence-corrected chi connectivity index (χ2v) is 3.67. The van der Waals surface area contributed by atoms with Crippen molar-refractivity contribution in [3.8, 4) is 0 Å². The van der Waals surface area contributed by atoms with E-state index in [9.17, 15) is 5.11 Å². The average molecular weight is 156 g/mol. The van der Waals surface area contributed by atoms with E-state index < -0.39 is 0 Å². The molecule has 1 aliphatic carbocycles. The quantitative estimate of drug-likeness (QED) is 0.507. The fourth-order valence-corrected chi connectivity index (χ4v) is 1.53. The van der Waals surface area contributed by atoms with Crippen LogP contribution in [0.4, 0.5) is 0 Å². The Bertz CT molecular complexity index is 136. The zero-order valence-corrected chi connectivity index (χ0v) is 6.71. The Kier molecular flexibility index (Phi) is 2.11. The minimum absolute atomic E-state index is 0.124. The van der Waals surface area contributed by atoms with Gasteiger partial charge in [-0.15, -0.1) is 0 Å². The van der Waals surface area contributed by atoms with E-state index in [-0.39, 0.29) is 6.10 Å². The second-order valence-electron chi connectivity index (χ2n) is 3.67. The van der Waals surface area contributed by atoms with Gasteiger partial charge in [0.25, 0.3) is 0 Å². The number of nitrogens with one attached hydrogen (secondary N) is 2. The molecule has 0 radical (unpaired) electrons. The van der Waals surface area contributed by atoms with E-state index in [1.165, 1.54) is 12.8 Å². The lowest BCUT2D eigenvalue weighted by Gasteiger charge is -2.13. The number of hydrogen-bond donors (Lipinski definition) is 3. The molecule has 3 nitrogen and oxygen atoms in total. The van der Waals surface area contributed by atoms with Gasteiger partial charge in [0.1, 0.15) is 0 Å². The van der Waals surface area contributed by atoms with Gasteiger partial charge < -0.3 is 15.7 Å². The van der Waals surface area contributed by atoms with Crippen molar-refractivity contribution in [2.24, 2.45) is 5.92 Å². The lowest BCUT2D eigenvalue weighted by molar-refractivity contribution is 0.146. The summed E-state index contributed by atoms with van der Waals surface area (Å²) >= 11 is 0. The first-order valence-corrected chi connectivity index (χ1v) is 4.48. The van der Waals surface area contributed by atoms with Crippen LogP contribution in [0, 0.1) is 5.92 Å². The van der Waals surface area contributed by atoms with E-state index in [1.807, 2.05) is 0 Å². The van der Waals surface area contributed by atoms with Crippen molar-refractivity contribution in [2.75, 3.05) is 19.6 Å². The van der Waals surface area contributed by atoms with E-state index in [0.717, 1.165) is 25.7 Å². The summed E-state index contributed by atoms with van der Waals surface area (Å²) in [6.07, 6.45) is 2.54. The van der Waals surface area contributed by atoms with Crippen LogP contribution in [0.25, 0.3) is 0 Å². The van der Waals surface area contributed by atoms with Crippen LogP contribution in [0.2, 0.25) is 0 Å². The first-order chi connectivity index (χ1) is 5.36. The summed E-state index contributed by atoms with van der Waals surface area (Å²) in [4.78, 5) is 0. The van der Waals surface area contributed by atoms with Crippen molar-refractivity contribution in [1.82, 2.24) is 10.6 Å². The van der Waals surface area contributed by atoms with Crippen molar-refractivity contribution >= 4 is 0 Å². The van der Waals surface area contributed by atoms with Crippen LogP contribution in [-0.4, -0.2) is 36.9 Å². The van der Waals surface area contributed by atoms with Gasteiger partial charge >= 0.3 is 0 Å². The zero-order chi connectivity index (χ0) is 7.68. The third kappa shape index (κ3) is 1.92. The fraction of sp³-hybridized carbons (Fsp3) is 1.00. The molecule has 1 saturated carbocycles. The number of rotatable bonds is 3. The Balaban J connectivity index is 1.67. The summed E-state index contributed by atoms with van der Waals surface area (Å²) in [5.41, 5.74) is 0. The first-order valence-electron chi connectivity index (χ1n) is 4.48. The van der Waals surface area contributed by atoms with Crippen LogP contribution in [0.15, 0.2) is 0 Å². The molecule has 0 spiro atoms. The average Bonchev–Trinajstić information content (AvgIpc) is 2.73. The van der Waals surface area contributed by atoms with Crippen molar-refractivity contribution in [2.45, 2.75) is 25.0 Å². The number of aliphatic hydroxyl groups is 1. The molecule has 1 heterocycles. The van der Waals surface area contributed by atoms with Crippen molar-refractivity contribution in [1.29, 1.82) is 0 Å². The molecule has 2 atom stereocenters. The van der Waals surface area contributed by atoms with E-state index in [1.54, 1.807) is 0 Å². The molecule has 0 bridgehead atoms. The molecule has 64 valence electrons. The van der Waals surface area contributed by atoms with Gasteiger partial charge in [-0.25, -0.2) is 0 Å². The standard InChI is InChI=1S/C8H16N2O/c11-8-5-9-3-6(8)4-10-7-1-2-7/h6-11H,1-5H2. The van der Waals surface area contributed by atoms with Crippen LogP contribution in [0.1, 0.15) is 12.8 Å². The molecule has 0 aromatic carbocycles. The van der Waals surface area contributed by atoms with Gasteiger partial charge in [-0.1, -0.05) is 0 Å². The lowest BCUT2D eigenvalue weighted by Crippen LogP contribution is -2.31. The van der Waals surface area contributed by atoms with E-state index >= 15 is 0 Å². The highest BCUT2D eigenvalue weighted by Crippen LogP contribution is 2.19. The normalized spacial score (nSPS) is 37.9. The molecule has 0 amide bonds. The molecule has 2 rings (SSSR count). The van der Waals surface area contributed by atoms with Crippen LogP contribution >= 0.6 is 0 Å². The molecule has 1 saturated heterocycles. The molecular weight excluding hydrogens is 140 g/mol. The molecule has 2 unspecified atom stereocenters. The Morgan fingerprint density at radius 2 is 2.18 bits per heavy atom. The third-order valence-electron chi connectivity index (χ3n) is 2.55. The van der Waals surface area contributed by atoms with Crippen LogP contribution in [0.3, 0.4) is 0 Å². The van der Waals surface area contributed by atoms with E-state index in [4.69, 9.17) is 0 Å². The molecule has 0 aromatic rings. The summed E-state index contributed by atoms with van der Waals surface area (Å²) in [7, 11) is 0. The molecule has 0 aromatic heterocycles. The molecule has 11 heavy (non-hydrogen) atoms. The Morgan fingerprint density at radius 1 is 1.36 bits per heavy atom. The van der Waals surface area contributed by atoms with Crippen LogP contribution < -0.4 is 10.6 Å². The molecule has 3 N–H and O–H groups in total. The number of hydrogen-bond acceptors (Lipinski definition) is 3. The highest BCUT2D eigenvalue weighted by molar-refractivity contribution is 4.86. The topological polar surface area (TPSA) is 44.3 Å². The van der Waals surface area contributed by atoms with Gasteiger partial charge in [0.2, 0.25) is 0 Å². The van der Waals surface area contributed by atoms with Gasteiger partial charge in [-0.2, -0.15) is 0 Å². The highest BCUT2D eigenvalue weighted by atomic mass is 16.3. The van der Waals surface area contributed by atoms with Gasteiger partial charge in [0.15, 0.2) is 0 Å². The Morgan fingerprint density at radius 3 is 2.73 bits per heavy atom. The van der Waals surface area contributed by atoms with Crippen molar-refractivity contribution in [3.63, 3.8) is 0 Å². The Hall–Kier alpha value is -0.120. The zero-order valence-electron chi connectivity index (χ0n) is 6.71. The summed E-state index contributed by atoms with van der Waals surface area (Å²) in [6, 6.07) is 0.766. The number of β-amino-alcohol motifs (C(OH)–C–C–N with tert-alkyl or cyclic N) is 1. The SMILES string of the molecule is OC1CNCC1CNC1CC1. The van der Waals surface area contributed by atoms with Gasteiger partial charge in [0.05, 0.1) is 6.10 Å². The predicted octanol–water partition coefficient (Wildman–Crippen LogP) is -0.681. The van der Waals surface area contributed by atoms with Crippen LogP contribution in [0.5, 0.6) is 0 Å². The monoisotopic (exact) mass is 156 g/mol. The largest absolute Gasteiger partial charge is 0.391 e.